The van der Waals surface area contributed by atoms with Crippen LogP contribution in [-0.4, -0.2) is 68.2 Å². The Morgan fingerprint density at radius 1 is 0.810 bits per heavy atom. The summed E-state index contributed by atoms with van der Waals surface area (Å²) in [5.74, 6) is -0.924. The number of rotatable bonds is 10. The molecule has 6 aromatic rings. The Balaban J connectivity index is 1.08. The summed E-state index contributed by atoms with van der Waals surface area (Å²) in [7, 11) is -4.08. The molecule has 0 saturated carbocycles. The van der Waals surface area contributed by atoms with Crippen LogP contribution < -0.4 is 16.4 Å². The normalized spacial score (nSPS) is 19.0. The van der Waals surface area contributed by atoms with E-state index in [1.807, 2.05) is 24.3 Å². The van der Waals surface area contributed by atoms with Crippen molar-refractivity contribution >= 4 is 65.4 Å². The van der Waals surface area contributed by atoms with Gasteiger partial charge in [-0.3, -0.25) is 14.5 Å². The average molecular weight is 792 g/mol. The molecule has 296 valence electrons. The summed E-state index contributed by atoms with van der Waals surface area (Å²) in [5, 5.41) is 12.8. The molecule has 58 heavy (non-hydrogen) atoms. The van der Waals surface area contributed by atoms with Gasteiger partial charge in [0, 0.05) is 37.5 Å². The Bertz CT molecular complexity index is 2710. The molecule has 2 saturated heterocycles. The van der Waals surface area contributed by atoms with Crippen LogP contribution in [0.2, 0.25) is 0 Å². The van der Waals surface area contributed by atoms with E-state index in [1.54, 1.807) is 12.1 Å². The molecule has 2 fully saturated rings. The summed E-state index contributed by atoms with van der Waals surface area (Å²) in [5.41, 5.74) is 13.2. The maximum absolute atomic E-state index is 14.2. The number of hydrogen-bond donors (Lipinski definition) is 3. The first-order valence-corrected chi connectivity index (χ1v) is 21.9. The number of aryl methyl sites for hydroxylation is 1. The van der Waals surface area contributed by atoms with E-state index >= 15 is 0 Å². The SMILES string of the molecule is C=C(CN1CCCC1)c1cc2c3c(ccc2c2ccccc12)[C@H](c1ccc2ccccc2c1NC(=O)C[C@@H]1C(=O)NCCN1S(=O)(=O)c1ccc(CN)cc1)CCC3. The quantitative estimate of drug-likeness (QED) is 0.122. The fraction of sp³-hybridized carbons (Fsp3) is 0.292. The molecule has 2 atom stereocenters. The molecule has 4 N–H and O–H groups in total. The topological polar surface area (TPSA) is 125 Å². The lowest BCUT2D eigenvalue weighted by Crippen LogP contribution is -2.57. The van der Waals surface area contributed by atoms with Crippen LogP contribution in [0.4, 0.5) is 5.69 Å². The monoisotopic (exact) mass is 791 g/mol. The first-order valence-electron chi connectivity index (χ1n) is 20.5. The van der Waals surface area contributed by atoms with Crippen molar-refractivity contribution in [1.29, 1.82) is 0 Å². The number of piperazine rings is 1. The number of hydrogen-bond acceptors (Lipinski definition) is 6. The molecule has 9 nitrogen and oxygen atoms in total. The van der Waals surface area contributed by atoms with Crippen LogP contribution in [-0.2, 0) is 32.6 Å². The van der Waals surface area contributed by atoms with Crippen molar-refractivity contribution in [2.75, 3.05) is 38.0 Å². The molecule has 2 heterocycles. The van der Waals surface area contributed by atoms with E-state index < -0.39 is 27.9 Å². The second kappa shape index (κ2) is 15.8. The number of sulfonamides is 1. The number of nitrogens with one attached hydrogen (secondary N) is 2. The van der Waals surface area contributed by atoms with Crippen LogP contribution in [0.1, 0.15) is 65.8 Å². The van der Waals surface area contributed by atoms with Gasteiger partial charge in [-0.15, -0.1) is 0 Å². The highest BCUT2D eigenvalue weighted by Crippen LogP contribution is 2.46. The van der Waals surface area contributed by atoms with Crippen LogP contribution in [0.5, 0.6) is 0 Å². The summed E-state index contributed by atoms with van der Waals surface area (Å²) in [6, 6.07) is 32.9. The first kappa shape index (κ1) is 38.1. The lowest BCUT2D eigenvalue weighted by molar-refractivity contribution is -0.130. The molecule has 0 bridgehead atoms. The van der Waals surface area contributed by atoms with Gasteiger partial charge >= 0.3 is 0 Å². The fourth-order valence-electron chi connectivity index (χ4n) is 9.60. The minimum absolute atomic E-state index is 0.00197. The predicted octanol–water partition coefficient (Wildman–Crippen LogP) is 7.70. The zero-order valence-corrected chi connectivity index (χ0v) is 33.5. The number of nitrogens with zero attached hydrogens (tertiary/aromatic N) is 2. The Morgan fingerprint density at radius 3 is 2.29 bits per heavy atom. The minimum atomic E-state index is -4.08. The number of anilines is 1. The summed E-state index contributed by atoms with van der Waals surface area (Å²) in [6.45, 7) is 8.21. The Hall–Kier alpha value is -5.39. The summed E-state index contributed by atoms with van der Waals surface area (Å²) in [6.07, 6.45) is 4.97. The second-order valence-corrected chi connectivity index (χ2v) is 17.9. The van der Waals surface area contributed by atoms with E-state index in [4.69, 9.17) is 5.73 Å². The summed E-state index contributed by atoms with van der Waals surface area (Å²) in [4.78, 5) is 30.1. The molecule has 1 aliphatic carbocycles. The fourth-order valence-corrected chi connectivity index (χ4v) is 11.2. The van der Waals surface area contributed by atoms with Gasteiger partial charge in [0.25, 0.3) is 0 Å². The Labute approximate surface area is 339 Å². The maximum Gasteiger partial charge on any atom is 0.243 e. The van der Waals surface area contributed by atoms with E-state index in [0.29, 0.717) is 5.69 Å². The van der Waals surface area contributed by atoms with Crippen molar-refractivity contribution in [3.63, 3.8) is 0 Å². The van der Waals surface area contributed by atoms with Crippen LogP contribution in [0, 0.1) is 0 Å². The van der Waals surface area contributed by atoms with Gasteiger partial charge in [-0.05, 0) is 124 Å². The number of benzene rings is 6. The van der Waals surface area contributed by atoms with Crippen molar-refractivity contribution in [2.45, 2.75) is 61.9 Å². The van der Waals surface area contributed by atoms with E-state index in [0.717, 1.165) is 70.7 Å². The Kier molecular flexibility index (Phi) is 10.4. The zero-order valence-electron chi connectivity index (χ0n) is 32.7. The standard InChI is InChI=1S/C48H49N5O4S/c1-31(30-52-24-6-7-25-52)43-27-44-39-14-8-13-37(40(39)21-22-41(44)36-11-4-5-12-38(36)43)42-20-17-33-9-2-3-10-35(33)47(42)51-46(54)28-45-48(55)50-23-26-53(45)58(56,57)34-18-15-32(29-49)16-19-34/h2-5,9-12,15-22,27,37,45H,1,6-8,13-14,23-26,28-30,49H2,(H,50,55)(H,51,54)/t37-,45-/m1/s1. The predicted molar refractivity (Wildman–Crippen MR) is 233 cm³/mol. The first-order chi connectivity index (χ1) is 28.2. The number of fused-ring (bicyclic) bond motifs is 6. The van der Waals surface area contributed by atoms with Gasteiger partial charge in [0.1, 0.15) is 6.04 Å². The number of carbonyl (C=O) groups excluding carboxylic acids is 2. The average Bonchev–Trinajstić information content (AvgIpc) is 3.77. The third-order valence-corrected chi connectivity index (χ3v) is 14.4. The van der Waals surface area contributed by atoms with E-state index in [-0.39, 0.29) is 36.9 Å². The van der Waals surface area contributed by atoms with Gasteiger partial charge in [0.15, 0.2) is 0 Å². The summed E-state index contributed by atoms with van der Waals surface area (Å²) < 4.78 is 29.0. The van der Waals surface area contributed by atoms with Crippen molar-refractivity contribution < 1.29 is 18.0 Å². The third-order valence-electron chi connectivity index (χ3n) is 12.5. The molecule has 0 unspecified atom stereocenters. The highest BCUT2D eigenvalue weighted by atomic mass is 32.2. The van der Waals surface area contributed by atoms with Gasteiger partial charge in [-0.1, -0.05) is 91.5 Å². The molecule has 10 heteroatoms. The molecule has 9 rings (SSSR count). The van der Waals surface area contributed by atoms with E-state index in [1.165, 1.54) is 63.2 Å². The number of likely N-dealkylation sites (tertiary alicyclic amines) is 1. The molecule has 2 aliphatic heterocycles. The number of nitrogens with two attached hydrogens (primary N) is 1. The van der Waals surface area contributed by atoms with Gasteiger partial charge < -0.3 is 16.4 Å². The van der Waals surface area contributed by atoms with Crippen molar-refractivity contribution in [2.24, 2.45) is 5.73 Å². The highest BCUT2D eigenvalue weighted by Gasteiger charge is 2.40. The third kappa shape index (κ3) is 6.98. The maximum atomic E-state index is 14.2. The van der Waals surface area contributed by atoms with Gasteiger partial charge in [0.05, 0.1) is 17.0 Å². The minimum Gasteiger partial charge on any atom is -0.353 e. The van der Waals surface area contributed by atoms with Crippen LogP contribution in [0.15, 0.2) is 115 Å². The Morgan fingerprint density at radius 2 is 1.52 bits per heavy atom. The van der Waals surface area contributed by atoms with Crippen LogP contribution >= 0.6 is 0 Å². The van der Waals surface area contributed by atoms with E-state index in [2.05, 4.69) is 76.7 Å². The zero-order chi connectivity index (χ0) is 40.0. The molecular weight excluding hydrogens is 743 g/mol. The molecular formula is C48H49N5O4S. The van der Waals surface area contributed by atoms with Crippen molar-refractivity contribution in [3.8, 4) is 0 Å². The van der Waals surface area contributed by atoms with Gasteiger partial charge in [0.2, 0.25) is 21.8 Å². The molecule has 0 radical (unpaired) electrons. The lowest BCUT2D eigenvalue weighted by atomic mass is 9.75. The molecule has 3 aliphatic rings. The van der Waals surface area contributed by atoms with Crippen molar-refractivity contribution in [1.82, 2.24) is 14.5 Å². The van der Waals surface area contributed by atoms with E-state index in [9.17, 15) is 18.0 Å². The van der Waals surface area contributed by atoms with Gasteiger partial charge in [-0.25, -0.2) is 8.42 Å². The smallest absolute Gasteiger partial charge is 0.243 e. The lowest BCUT2D eigenvalue weighted by Gasteiger charge is -2.34. The summed E-state index contributed by atoms with van der Waals surface area (Å²) >= 11 is 0. The second-order valence-electron chi connectivity index (χ2n) is 16.0. The van der Waals surface area contributed by atoms with Crippen molar-refractivity contribution in [3.05, 3.63) is 138 Å². The van der Waals surface area contributed by atoms with Crippen LogP contribution in [0.25, 0.3) is 37.9 Å². The largest absolute Gasteiger partial charge is 0.353 e. The molecule has 0 spiro atoms. The molecule has 2 amide bonds. The number of amides is 2. The highest BCUT2D eigenvalue weighted by molar-refractivity contribution is 7.89. The van der Waals surface area contributed by atoms with Crippen LogP contribution in [0.3, 0.4) is 0 Å². The number of carbonyl (C=O) groups is 2. The molecule has 0 aromatic heterocycles. The molecule has 6 aromatic carbocycles. The van der Waals surface area contributed by atoms with Gasteiger partial charge in [-0.2, -0.15) is 4.31 Å².